The third-order valence-corrected chi connectivity index (χ3v) is 7.67. The van der Waals surface area contributed by atoms with Crippen molar-refractivity contribution in [1.82, 2.24) is 0 Å². The Hall–Kier alpha value is -3.89. The van der Waals surface area contributed by atoms with Gasteiger partial charge in [-0.1, -0.05) is 71.8 Å². The fourth-order valence-corrected chi connectivity index (χ4v) is 5.66. The van der Waals surface area contributed by atoms with Crippen molar-refractivity contribution in [2.24, 2.45) is 10.9 Å². The normalized spacial score (nSPS) is 19.7. The van der Waals surface area contributed by atoms with Crippen LogP contribution in [0, 0.1) is 18.7 Å². The maximum absolute atomic E-state index is 14.0. The van der Waals surface area contributed by atoms with Crippen LogP contribution >= 0.6 is 11.6 Å². The highest BCUT2D eigenvalue weighted by molar-refractivity contribution is 6.30. The number of anilines is 1. The van der Waals surface area contributed by atoms with Crippen LogP contribution in [0.2, 0.25) is 5.02 Å². The number of aliphatic imine (C=N–C) groups is 1. The Bertz CT molecular complexity index is 1530. The van der Waals surface area contributed by atoms with E-state index >= 15 is 0 Å². The summed E-state index contributed by atoms with van der Waals surface area (Å²) in [6, 6.07) is 27.3. The van der Waals surface area contributed by atoms with Gasteiger partial charge in [-0.05, 0) is 72.9 Å². The lowest BCUT2D eigenvalue weighted by molar-refractivity contribution is 0.299. The second-order valence-electron chi connectivity index (χ2n) is 9.98. The van der Waals surface area contributed by atoms with Gasteiger partial charge >= 0.3 is 0 Å². The molecule has 6 rings (SSSR count). The highest BCUT2D eigenvalue weighted by Gasteiger charge is 2.37. The molecular weight excluding hydrogens is 495 g/mol. The Kier molecular flexibility index (Phi) is 6.73. The molecule has 3 nitrogen and oxygen atoms in total. The fourth-order valence-electron chi connectivity index (χ4n) is 5.48. The van der Waals surface area contributed by atoms with Crippen molar-refractivity contribution in [2.45, 2.75) is 31.9 Å². The van der Waals surface area contributed by atoms with Crippen LogP contribution in [0.25, 0.3) is 0 Å². The van der Waals surface area contributed by atoms with Gasteiger partial charge in [0.25, 0.3) is 0 Å². The zero-order valence-corrected chi connectivity index (χ0v) is 21.8. The summed E-state index contributed by atoms with van der Waals surface area (Å²) in [6.07, 6.45) is 7.50. The van der Waals surface area contributed by atoms with Gasteiger partial charge in [-0.25, -0.2) is 4.39 Å². The first kappa shape index (κ1) is 24.4. The van der Waals surface area contributed by atoms with Crippen molar-refractivity contribution in [3.8, 4) is 5.75 Å². The average Bonchev–Trinajstić information content (AvgIpc) is 3.43. The quantitative estimate of drug-likeness (QED) is 0.202. The zero-order valence-electron chi connectivity index (χ0n) is 21.1. The summed E-state index contributed by atoms with van der Waals surface area (Å²) in [5, 5.41) is 4.38. The van der Waals surface area contributed by atoms with E-state index in [4.69, 9.17) is 16.3 Å². The maximum atomic E-state index is 14.0. The highest BCUT2D eigenvalue weighted by Crippen LogP contribution is 2.50. The third kappa shape index (κ3) is 4.97. The average molecular weight is 523 g/mol. The lowest BCUT2D eigenvalue weighted by atomic mass is 9.76. The molecule has 4 aromatic carbocycles. The molecular formula is C33H28ClFN2O. The summed E-state index contributed by atoms with van der Waals surface area (Å²) < 4.78 is 19.9. The van der Waals surface area contributed by atoms with Gasteiger partial charge in [0.1, 0.15) is 18.2 Å². The minimum atomic E-state index is -0.289. The van der Waals surface area contributed by atoms with Gasteiger partial charge in [0.05, 0.1) is 11.7 Å². The van der Waals surface area contributed by atoms with E-state index in [9.17, 15) is 4.39 Å². The summed E-state index contributed by atoms with van der Waals surface area (Å²) in [4.78, 5) is 4.68. The maximum Gasteiger partial charge on any atom is 0.129 e. The van der Waals surface area contributed by atoms with Gasteiger partial charge in [0.15, 0.2) is 0 Å². The Labute approximate surface area is 227 Å². The number of nitrogens with zero attached hydrogens (tertiary/aromatic N) is 1. The molecule has 0 bridgehead atoms. The van der Waals surface area contributed by atoms with Gasteiger partial charge < -0.3 is 10.1 Å². The second kappa shape index (κ2) is 10.5. The number of hydrogen-bond acceptors (Lipinski definition) is 3. The summed E-state index contributed by atoms with van der Waals surface area (Å²) in [6.45, 7) is 2.28. The smallest absolute Gasteiger partial charge is 0.129 e. The van der Waals surface area contributed by atoms with Crippen LogP contribution < -0.4 is 10.1 Å². The number of nitrogens with one attached hydrogen (secondary N) is 1. The summed E-state index contributed by atoms with van der Waals surface area (Å²) in [5.41, 5.74) is 7.24. The molecule has 4 aromatic rings. The van der Waals surface area contributed by atoms with Crippen LogP contribution in [0.1, 0.15) is 46.2 Å². The van der Waals surface area contributed by atoms with E-state index in [2.05, 4.69) is 59.7 Å². The molecule has 0 saturated heterocycles. The van der Waals surface area contributed by atoms with Gasteiger partial charge in [-0.15, -0.1) is 0 Å². The Balaban J connectivity index is 1.20. The van der Waals surface area contributed by atoms with E-state index in [0.717, 1.165) is 17.7 Å². The molecule has 3 atom stereocenters. The van der Waals surface area contributed by atoms with Crippen molar-refractivity contribution < 1.29 is 9.13 Å². The van der Waals surface area contributed by atoms with Crippen LogP contribution in [0.4, 0.5) is 15.8 Å². The number of hydrogen-bond donors (Lipinski definition) is 1. The van der Waals surface area contributed by atoms with Crippen molar-refractivity contribution >= 4 is 29.2 Å². The van der Waals surface area contributed by atoms with E-state index in [1.807, 2.05) is 12.1 Å². The lowest BCUT2D eigenvalue weighted by Crippen LogP contribution is -2.29. The van der Waals surface area contributed by atoms with Crippen LogP contribution in [0.3, 0.4) is 0 Å². The van der Waals surface area contributed by atoms with E-state index in [-0.39, 0.29) is 18.5 Å². The SMILES string of the molecule is Cc1ccc2c(c1)[C@@H]1C=CC[C@H]1[C@H](c1ccc(N=Cc3cc(Cl)ccc3OCc3ccccc3F)cc1)N2. The zero-order chi connectivity index (χ0) is 26.1. The van der Waals surface area contributed by atoms with Crippen molar-refractivity contribution in [3.63, 3.8) is 0 Å². The van der Waals surface area contributed by atoms with Crippen molar-refractivity contribution in [3.05, 3.63) is 136 Å². The number of rotatable bonds is 6. The second-order valence-corrected chi connectivity index (χ2v) is 10.4. The molecule has 0 fully saturated rings. The molecule has 0 unspecified atom stereocenters. The number of ether oxygens (including phenoxy) is 1. The Morgan fingerprint density at radius 3 is 2.71 bits per heavy atom. The third-order valence-electron chi connectivity index (χ3n) is 7.44. The number of allylic oxidation sites excluding steroid dienone is 2. The number of fused-ring (bicyclic) bond motifs is 3. The first-order valence-electron chi connectivity index (χ1n) is 12.9. The summed E-state index contributed by atoms with van der Waals surface area (Å²) in [7, 11) is 0. The van der Waals surface area contributed by atoms with Gasteiger partial charge in [0, 0.05) is 34.0 Å². The largest absolute Gasteiger partial charge is 0.488 e. The van der Waals surface area contributed by atoms with E-state index in [0.29, 0.717) is 28.2 Å². The molecule has 1 aliphatic heterocycles. The fraction of sp³-hybridized carbons (Fsp3) is 0.182. The molecule has 2 aliphatic rings. The van der Waals surface area contributed by atoms with Crippen molar-refractivity contribution in [1.29, 1.82) is 0 Å². The predicted molar refractivity (Wildman–Crippen MR) is 153 cm³/mol. The van der Waals surface area contributed by atoms with Crippen LogP contribution in [0.15, 0.2) is 102 Å². The number of aryl methyl sites for hydroxylation is 1. The first-order chi connectivity index (χ1) is 18.5. The number of halogens is 2. The molecule has 0 spiro atoms. The van der Waals surface area contributed by atoms with E-state index < -0.39 is 0 Å². The molecule has 1 N–H and O–H groups in total. The Morgan fingerprint density at radius 2 is 1.87 bits per heavy atom. The lowest BCUT2D eigenvalue weighted by Gasteiger charge is -2.37. The van der Waals surface area contributed by atoms with E-state index in [1.54, 1.807) is 42.6 Å². The summed E-state index contributed by atoms with van der Waals surface area (Å²) in [5.74, 6) is 1.25. The molecule has 0 saturated carbocycles. The molecule has 38 heavy (non-hydrogen) atoms. The molecule has 0 aromatic heterocycles. The molecule has 0 amide bonds. The number of benzene rings is 4. The van der Waals surface area contributed by atoms with Gasteiger partial charge in [-0.2, -0.15) is 0 Å². The van der Waals surface area contributed by atoms with Gasteiger partial charge in [-0.3, -0.25) is 4.99 Å². The van der Waals surface area contributed by atoms with Crippen LogP contribution in [-0.2, 0) is 6.61 Å². The Morgan fingerprint density at radius 1 is 1.03 bits per heavy atom. The standard InChI is InChI=1S/C33H28ClFN2O/c1-21-9-15-31-29(17-21)27-6-4-7-28(27)33(37-31)22-10-13-26(14-11-22)36-19-24-18-25(34)12-16-32(24)38-20-23-5-2-3-8-30(23)35/h2-6,8-19,27-28,33,37H,7,20H2,1H3/t27-,28-,33+/m1/s1. The van der Waals surface area contributed by atoms with Crippen LogP contribution in [-0.4, -0.2) is 6.21 Å². The molecule has 0 radical (unpaired) electrons. The molecule has 1 aliphatic carbocycles. The minimum absolute atomic E-state index is 0.123. The molecule has 190 valence electrons. The highest BCUT2D eigenvalue weighted by atomic mass is 35.5. The van der Waals surface area contributed by atoms with Gasteiger partial charge in [0.2, 0.25) is 0 Å². The van der Waals surface area contributed by atoms with E-state index in [1.165, 1.54) is 28.4 Å². The van der Waals surface area contributed by atoms with Crippen molar-refractivity contribution in [2.75, 3.05) is 5.32 Å². The summed E-state index contributed by atoms with van der Waals surface area (Å²) >= 11 is 6.25. The monoisotopic (exact) mass is 522 g/mol. The topological polar surface area (TPSA) is 33.6 Å². The minimum Gasteiger partial charge on any atom is -0.488 e. The first-order valence-corrected chi connectivity index (χ1v) is 13.3. The van der Waals surface area contributed by atoms with Crippen LogP contribution in [0.5, 0.6) is 5.75 Å². The molecule has 1 heterocycles. The molecule has 5 heteroatoms. The predicted octanol–water partition coefficient (Wildman–Crippen LogP) is 8.94.